The molecule has 3 heterocycles. The van der Waals surface area contributed by atoms with E-state index in [9.17, 15) is 111 Å². The van der Waals surface area contributed by atoms with Gasteiger partial charge in [0, 0.05) is 68.7 Å². The van der Waals surface area contributed by atoms with Crippen molar-refractivity contribution in [2.24, 2.45) is 46.2 Å². The fraction of sp³-hybridized carbons (Fsp3) is 0.576. The number of hydrogen-bond acceptors (Lipinski definition) is 28. The number of carboxylic acid groups (broad SMARTS) is 2. The fourth-order valence-corrected chi connectivity index (χ4v) is 17.8. The maximum absolute atomic E-state index is 15.2. The van der Waals surface area contributed by atoms with Crippen molar-refractivity contribution >= 4 is 165 Å². The number of carbonyl (C=O) groups is 22. The van der Waals surface area contributed by atoms with Gasteiger partial charge in [0.25, 0.3) is 0 Å². The second-order valence-electron chi connectivity index (χ2n) is 37.6. The molecule has 6 rings (SSSR count). The van der Waals surface area contributed by atoms with Crippen LogP contribution in [0.1, 0.15) is 187 Å². The molecule has 18 unspecified atom stereocenters. The first kappa shape index (κ1) is 125. The molecule has 49 nitrogen and oxygen atoms in total. The SMILES string of the molecule is CCC(C)C(NC(=O)C(Cc1ccccc1)NC(=O)C(CCC(N)=O)NC(=O)C(N)CCCCN)C(=O)NC(CC(N)=O)C(=O)NC(CCSC)C(=O)NC(Cc1c[nH]c2ccccc12)C(=O)NC(CCC(N)=O)C(=O)NC(CCC(=O)O)C(=O)NC(C(=O)NCC(=O)NC(CCCCN)C(=O)NC(C)C(=O)NC(CCSC)C(=O)NC(Cc1ccc(O)cc1)C(=O)NC(C)C(=O)N1CCCC1C(=O)N1CCCC1C(=O)O)C(C)C. The number of unbranched alkanes of at least 4 members (excludes halogenated alkanes) is 2. The number of amides is 20. The monoisotopic (exact) mass is 2140 g/mol. The van der Waals surface area contributed by atoms with Gasteiger partial charge in [0.05, 0.1) is 19.0 Å². The van der Waals surface area contributed by atoms with E-state index in [2.05, 4.69) is 84.7 Å². The lowest BCUT2D eigenvalue weighted by atomic mass is 9.96. The molecule has 51 heteroatoms. The van der Waals surface area contributed by atoms with Crippen molar-refractivity contribution in [1.29, 1.82) is 0 Å². The van der Waals surface area contributed by atoms with E-state index in [0.29, 0.717) is 66.2 Å². The molecule has 4 aromatic rings. The predicted octanol–water partition coefficient (Wildman–Crippen LogP) is -4.02. The van der Waals surface area contributed by atoms with Crippen LogP contribution in [0, 0.1) is 11.8 Å². The molecule has 31 N–H and O–H groups in total. The molecule has 2 aliphatic rings. The van der Waals surface area contributed by atoms with E-state index >= 15 is 9.59 Å². The molecular weight excluding hydrogens is 1990 g/mol. The van der Waals surface area contributed by atoms with Crippen LogP contribution in [0.3, 0.4) is 0 Å². The standard InChI is InChI=1S/C99H148N24O25S2/c1-9-54(4)82(121-94(142)71(47-57-21-11-10-12-22-57)117-87(135)65(33-36-76(103)125)112-84(132)62(102)24-15-17-41-100)96(144)119-73(50-78(105)127)93(141)115-69(40-46-150-8)89(137)118-72(49-59-51-106-63-25-14-13-23-61(59)63)92(140)114-66(34-37-77(104)126)86(134)113-67(35-38-80(129)130)90(138)120-81(53(2)3)95(143)107-52-79(128)110-64(26-16-18-42-101)85(133)108-55(5)83(131)111-68(39-45-149-7)88(136)116-70(48-58-29-31-60(124)32-30-58)91(139)109-56(6)97(145)122-43-19-27-74(122)98(146)123-44-20-28-75(123)99(147)148/h10-14,21-23,25,29-32,51,53-56,62,64-75,81-82,106,124H,9,15-20,24,26-28,33-50,52,100-102H2,1-8H3,(H2,103,125)(H2,104,126)(H2,105,127)(H,107,143)(H,108,133)(H,109,139)(H,110,128)(H,111,131)(H,112,132)(H,113,134)(H,114,140)(H,115,141)(H,116,136)(H,117,135)(H,118,137)(H,119,144)(H,120,138)(H,121,142)(H,129,130)(H,147,148). The van der Waals surface area contributed by atoms with Crippen LogP contribution in [0.2, 0.25) is 0 Å². The number of carboxylic acids is 2. The lowest BCUT2D eigenvalue weighted by Gasteiger charge is -2.32. The van der Waals surface area contributed by atoms with Gasteiger partial charge in [-0.2, -0.15) is 23.5 Å². The Balaban J connectivity index is 1.17. The van der Waals surface area contributed by atoms with Crippen molar-refractivity contribution in [1.82, 2.24) is 94.5 Å². The first-order valence-electron chi connectivity index (χ1n) is 50.2. The molecule has 0 spiro atoms. The number of benzene rings is 3. The zero-order valence-electron chi connectivity index (χ0n) is 85.8. The maximum Gasteiger partial charge on any atom is 0.326 e. The Kier molecular flexibility index (Phi) is 52.9. The van der Waals surface area contributed by atoms with E-state index in [1.807, 2.05) is 0 Å². The number of carbonyl (C=O) groups excluding carboxylic acids is 20. The normalized spacial score (nSPS) is 16.5. The van der Waals surface area contributed by atoms with Crippen LogP contribution in [-0.2, 0) is 125 Å². The molecule has 18 atom stereocenters. The number of phenols is 1. The van der Waals surface area contributed by atoms with Gasteiger partial charge in [0.2, 0.25) is 118 Å². The Morgan fingerprint density at radius 2 is 0.847 bits per heavy atom. The van der Waals surface area contributed by atoms with Gasteiger partial charge in [-0.05, 0) is 188 Å². The van der Waals surface area contributed by atoms with E-state index in [-0.39, 0.29) is 120 Å². The summed E-state index contributed by atoms with van der Waals surface area (Å²) in [5.41, 5.74) is 36.3. The molecule has 2 fully saturated rings. The Bertz CT molecular complexity index is 5310. The number of para-hydroxylation sites is 1. The van der Waals surface area contributed by atoms with Gasteiger partial charge in [-0.3, -0.25) is 101 Å². The molecule has 3 aromatic carbocycles. The van der Waals surface area contributed by atoms with Crippen molar-refractivity contribution in [3.63, 3.8) is 0 Å². The summed E-state index contributed by atoms with van der Waals surface area (Å²) in [6.07, 6.45) is 3.01. The molecule has 0 aliphatic carbocycles. The minimum Gasteiger partial charge on any atom is -0.508 e. The molecule has 826 valence electrons. The summed E-state index contributed by atoms with van der Waals surface area (Å²) in [4.78, 5) is 312. The Morgan fingerprint density at radius 3 is 1.37 bits per heavy atom. The average molecular weight is 2140 g/mol. The first-order valence-corrected chi connectivity index (χ1v) is 52.9. The van der Waals surface area contributed by atoms with Gasteiger partial charge in [-0.1, -0.05) is 101 Å². The molecule has 2 saturated heterocycles. The third-order valence-corrected chi connectivity index (χ3v) is 26.9. The second kappa shape index (κ2) is 63.7. The zero-order valence-corrected chi connectivity index (χ0v) is 87.4. The lowest BCUT2D eigenvalue weighted by molar-refractivity contribution is -0.152. The van der Waals surface area contributed by atoms with Gasteiger partial charge >= 0.3 is 11.9 Å². The van der Waals surface area contributed by atoms with Crippen molar-refractivity contribution in [3.8, 4) is 5.75 Å². The number of rotatable bonds is 67. The maximum atomic E-state index is 15.2. The number of aromatic nitrogens is 1. The Labute approximate surface area is 877 Å². The predicted molar refractivity (Wildman–Crippen MR) is 554 cm³/mol. The average Bonchev–Trinajstić information content (AvgIpc) is 1.65. The number of likely N-dealkylation sites (tertiary alicyclic amines) is 2. The van der Waals surface area contributed by atoms with Crippen LogP contribution in [0.4, 0.5) is 0 Å². The van der Waals surface area contributed by atoms with Gasteiger partial charge in [0.15, 0.2) is 0 Å². The number of hydrogen-bond donors (Lipinski definition) is 25. The van der Waals surface area contributed by atoms with Crippen molar-refractivity contribution < 1.29 is 121 Å². The molecule has 150 heavy (non-hydrogen) atoms. The van der Waals surface area contributed by atoms with Crippen molar-refractivity contribution in [2.45, 2.75) is 292 Å². The number of aromatic amines is 1. The number of nitrogens with two attached hydrogens (primary N) is 6. The van der Waals surface area contributed by atoms with Gasteiger partial charge in [0.1, 0.15) is 102 Å². The highest BCUT2D eigenvalue weighted by Crippen LogP contribution is 2.28. The number of aromatic hydroxyl groups is 1. The highest BCUT2D eigenvalue weighted by Gasteiger charge is 2.46. The summed E-state index contributed by atoms with van der Waals surface area (Å²) in [6, 6.07) is -4.19. The second-order valence-corrected chi connectivity index (χ2v) is 39.6. The summed E-state index contributed by atoms with van der Waals surface area (Å²) in [5.74, 6) is -22.9. The summed E-state index contributed by atoms with van der Waals surface area (Å²) in [5, 5.41) is 68.8. The topological polar surface area (TPSA) is 795 Å². The number of phenolic OH excluding ortho intramolecular Hbond substituents is 1. The van der Waals surface area contributed by atoms with E-state index < -0.39 is 283 Å². The lowest BCUT2D eigenvalue weighted by Crippen LogP contribution is -2.62. The molecule has 2 aliphatic heterocycles. The quantitative estimate of drug-likeness (QED) is 0.0187. The molecule has 0 saturated carbocycles. The third kappa shape index (κ3) is 41.1. The van der Waals surface area contributed by atoms with Crippen LogP contribution in [-0.4, -0.2) is 320 Å². The van der Waals surface area contributed by atoms with Crippen molar-refractivity contribution in [3.05, 3.63) is 102 Å². The summed E-state index contributed by atoms with van der Waals surface area (Å²) in [6.45, 7) is 8.88. The van der Waals surface area contributed by atoms with Crippen LogP contribution < -0.4 is 114 Å². The van der Waals surface area contributed by atoms with Crippen LogP contribution >= 0.6 is 23.5 Å². The number of fused-ring (bicyclic) bond motifs is 1. The smallest absolute Gasteiger partial charge is 0.326 e. The van der Waals surface area contributed by atoms with E-state index in [0.717, 1.165) is 0 Å². The van der Waals surface area contributed by atoms with Gasteiger partial charge < -0.3 is 144 Å². The number of nitrogens with zero attached hydrogens (tertiary/aromatic N) is 2. The molecular formula is C99H148N24O25S2. The summed E-state index contributed by atoms with van der Waals surface area (Å²) in [7, 11) is 0. The van der Waals surface area contributed by atoms with Crippen LogP contribution in [0.5, 0.6) is 5.75 Å². The van der Waals surface area contributed by atoms with E-state index in [4.69, 9.17) is 34.4 Å². The number of H-pyrrole nitrogens is 1. The highest BCUT2D eigenvalue weighted by molar-refractivity contribution is 7.98. The molecule has 1 aromatic heterocycles. The highest BCUT2D eigenvalue weighted by atomic mass is 32.2. The summed E-state index contributed by atoms with van der Waals surface area (Å²) < 4.78 is 0. The Hall–Kier alpha value is -14.1. The molecule has 0 bridgehead atoms. The Morgan fingerprint density at radius 1 is 0.420 bits per heavy atom. The van der Waals surface area contributed by atoms with E-state index in [1.54, 1.807) is 81.0 Å². The molecule has 0 radical (unpaired) electrons. The number of aliphatic carboxylic acids is 2. The fourth-order valence-electron chi connectivity index (χ4n) is 16.8. The largest absolute Gasteiger partial charge is 0.508 e. The minimum absolute atomic E-state index is 0.0206. The van der Waals surface area contributed by atoms with Crippen LogP contribution in [0.25, 0.3) is 10.9 Å². The van der Waals surface area contributed by atoms with E-state index in [1.165, 1.54) is 91.5 Å². The van der Waals surface area contributed by atoms with Crippen LogP contribution in [0.15, 0.2) is 85.1 Å². The zero-order chi connectivity index (χ0) is 111. The van der Waals surface area contributed by atoms with Crippen molar-refractivity contribution in [2.75, 3.05) is 56.7 Å². The number of primary amides is 3. The third-order valence-electron chi connectivity index (χ3n) is 25.6. The number of thioether (sulfide) groups is 2. The first-order chi connectivity index (χ1) is 71.2. The van der Waals surface area contributed by atoms with Gasteiger partial charge in [-0.15, -0.1) is 0 Å². The van der Waals surface area contributed by atoms with Gasteiger partial charge in [-0.25, -0.2) is 4.79 Å². The minimum atomic E-state index is -1.88. The summed E-state index contributed by atoms with van der Waals surface area (Å²) >= 11 is 2.53. The number of nitrogens with one attached hydrogen (secondary N) is 16. The molecule has 20 amide bonds.